The van der Waals surface area contributed by atoms with Gasteiger partial charge in [0.25, 0.3) is 0 Å². The van der Waals surface area contributed by atoms with E-state index in [1.807, 2.05) is 35.7 Å². The number of amides is 1. The van der Waals surface area contributed by atoms with E-state index in [-0.39, 0.29) is 29.5 Å². The summed E-state index contributed by atoms with van der Waals surface area (Å²) in [6.45, 7) is 1.17. The van der Waals surface area contributed by atoms with E-state index in [0.29, 0.717) is 11.7 Å². The maximum atomic E-state index is 12.7. The van der Waals surface area contributed by atoms with Crippen LogP contribution in [0.3, 0.4) is 0 Å². The lowest BCUT2D eigenvalue weighted by atomic mass is 10.1. The number of hydrogen-bond acceptors (Lipinski definition) is 7. The average molecular weight is 432 g/mol. The fraction of sp³-hybridized carbons (Fsp3) is 0.368. The molecule has 1 saturated heterocycles. The highest BCUT2D eigenvalue weighted by molar-refractivity contribution is 7.99. The van der Waals surface area contributed by atoms with Gasteiger partial charge < -0.3 is 10.1 Å². The highest BCUT2D eigenvalue weighted by Gasteiger charge is 2.22. The number of nitrogens with zero attached hydrogens (tertiary/aromatic N) is 3. The Hall–Kier alpha value is -2.43. The molecule has 2 N–H and O–H groups in total. The van der Waals surface area contributed by atoms with Crippen molar-refractivity contribution in [2.45, 2.75) is 36.7 Å². The first-order chi connectivity index (χ1) is 14.2. The number of H-pyrrole nitrogens is 1. The Morgan fingerprint density at radius 2 is 2.28 bits per heavy atom. The molecule has 1 aliphatic rings. The molecule has 3 heterocycles. The smallest absolute Gasteiger partial charge is 0.344 e. The van der Waals surface area contributed by atoms with Crippen molar-refractivity contribution in [3.8, 4) is 0 Å². The number of carbonyl (C=O) groups excluding carboxylic acids is 1. The van der Waals surface area contributed by atoms with Gasteiger partial charge in [-0.25, -0.2) is 14.9 Å². The topological polar surface area (TPSA) is 102 Å². The standard InChI is InChI=1S/C19H21N5O3S2/c25-15(21-16(17-20-8-10-28-17)13-5-2-1-3-6-13)12-29-19-23-22-18(26)24(19)11-14-7-4-9-27-14/h1-3,5-6,8,10,14,16H,4,7,9,11-12H2,(H,21,25)(H,22,26). The molecule has 0 aliphatic carbocycles. The molecule has 1 amide bonds. The van der Waals surface area contributed by atoms with E-state index in [1.54, 1.807) is 10.8 Å². The van der Waals surface area contributed by atoms with Gasteiger partial charge in [0.05, 0.1) is 18.4 Å². The molecular weight excluding hydrogens is 410 g/mol. The normalized spacial score (nSPS) is 17.3. The summed E-state index contributed by atoms with van der Waals surface area (Å²) in [7, 11) is 0. The molecule has 10 heteroatoms. The van der Waals surface area contributed by atoms with Crippen LogP contribution in [0.25, 0.3) is 0 Å². The molecule has 8 nitrogen and oxygen atoms in total. The Kier molecular flexibility index (Phi) is 6.43. The van der Waals surface area contributed by atoms with Gasteiger partial charge in [0.15, 0.2) is 5.16 Å². The van der Waals surface area contributed by atoms with Crippen molar-refractivity contribution in [1.29, 1.82) is 0 Å². The van der Waals surface area contributed by atoms with E-state index in [2.05, 4.69) is 20.5 Å². The van der Waals surface area contributed by atoms with Crippen molar-refractivity contribution < 1.29 is 9.53 Å². The van der Waals surface area contributed by atoms with Crippen LogP contribution in [0.2, 0.25) is 0 Å². The number of thioether (sulfide) groups is 1. The van der Waals surface area contributed by atoms with Crippen LogP contribution in [0, 0.1) is 0 Å². The zero-order valence-corrected chi connectivity index (χ0v) is 17.2. The zero-order chi connectivity index (χ0) is 20.1. The second-order valence-electron chi connectivity index (χ2n) is 6.63. The molecule has 29 heavy (non-hydrogen) atoms. The molecule has 1 aliphatic heterocycles. The van der Waals surface area contributed by atoms with E-state index >= 15 is 0 Å². The first kappa shape index (κ1) is 19.9. The fourth-order valence-corrected chi connectivity index (χ4v) is 4.69. The van der Waals surface area contributed by atoms with Crippen LogP contribution in [0.15, 0.2) is 51.9 Å². The van der Waals surface area contributed by atoms with Gasteiger partial charge in [-0.1, -0.05) is 42.1 Å². The molecule has 2 unspecified atom stereocenters. The minimum Gasteiger partial charge on any atom is -0.376 e. The lowest BCUT2D eigenvalue weighted by Crippen LogP contribution is -2.31. The Balaban J connectivity index is 1.41. The van der Waals surface area contributed by atoms with Gasteiger partial charge in [-0.05, 0) is 18.4 Å². The molecule has 0 spiro atoms. The van der Waals surface area contributed by atoms with Gasteiger partial charge in [0.2, 0.25) is 5.91 Å². The largest absolute Gasteiger partial charge is 0.376 e. The van der Waals surface area contributed by atoms with Crippen molar-refractivity contribution in [1.82, 2.24) is 25.1 Å². The van der Waals surface area contributed by atoms with Crippen LogP contribution in [0.1, 0.15) is 29.5 Å². The maximum absolute atomic E-state index is 12.7. The Bertz CT molecular complexity index is 981. The number of aromatic nitrogens is 4. The Morgan fingerprint density at radius 1 is 1.41 bits per heavy atom. The fourth-order valence-electron chi connectivity index (χ4n) is 3.21. The summed E-state index contributed by atoms with van der Waals surface area (Å²) in [6, 6.07) is 9.43. The maximum Gasteiger partial charge on any atom is 0.344 e. The third-order valence-corrected chi connectivity index (χ3v) is 6.42. The third kappa shape index (κ3) is 4.95. The zero-order valence-electron chi connectivity index (χ0n) is 15.6. The summed E-state index contributed by atoms with van der Waals surface area (Å²) in [5, 5.41) is 12.8. The van der Waals surface area contributed by atoms with Gasteiger partial charge in [0, 0.05) is 18.2 Å². The predicted molar refractivity (Wildman–Crippen MR) is 111 cm³/mol. The summed E-state index contributed by atoms with van der Waals surface area (Å²) in [6.07, 6.45) is 3.67. The number of rotatable bonds is 8. The van der Waals surface area contributed by atoms with Crippen LogP contribution >= 0.6 is 23.1 Å². The van der Waals surface area contributed by atoms with Crippen LogP contribution in [0.4, 0.5) is 0 Å². The first-order valence-electron chi connectivity index (χ1n) is 9.34. The van der Waals surface area contributed by atoms with Crippen molar-refractivity contribution in [3.05, 3.63) is 63.0 Å². The molecule has 3 aromatic rings. The van der Waals surface area contributed by atoms with Crippen LogP contribution < -0.4 is 11.0 Å². The van der Waals surface area contributed by atoms with Gasteiger partial charge in [-0.2, -0.15) is 0 Å². The van der Waals surface area contributed by atoms with E-state index in [0.717, 1.165) is 30.0 Å². The van der Waals surface area contributed by atoms with Crippen molar-refractivity contribution in [3.63, 3.8) is 0 Å². The van der Waals surface area contributed by atoms with Crippen molar-refractivity contribution in [2.24, 2.45) is 0 Å². The molecule has 1 fully saturated rings. The second kappa shape index (κ2) is 9.38. The van der Waals surface area contributed by atoms with E-state index < -0.39 is 0 Å². The van der Waals surface area contributed by atoms with Gasteiger partial charge >= 0.3 is 5.69 Å². The molecule has 0 bridgehead atoms. The summed E-state index contributed by atoms with van der Waals surface area (Å²) in [4.78, 5) is 29.1. The molecule has 152 valence electrons. The van der Waals surface area contributed by atoms with E-state index in [1.165, 1.54) is 23.1 Å². The quantitative estimate of drug-likeness (QED) is 0.530. The SMILES string of the molecule is O=C(CSc1n[nH]c(=O)n1CC1CCCO1)NC(c1ccccc1)c1nccs1. The molecule has 1 aromatic carbocycles. The van der Waals surface area contributed by atoms with E-state index in [9.17, 15) is 9.59 Å². The predicted octanol–water partition coefficient (Wildman–Crippen LogP) is 2.20. The molecule has 0 radical (unpaired) electrons. The monoisotopic (exact) mass is 431 g/mol. The third-order valence-electron chi connectivity index (χ3n) is 4.60. The number of hydrogen-bond donors (Lipinski definition) is 2. The number of thiazole rings is 1. The molecular formula is C19H21N5O3S2. The number of carbonyl (C=O) groups is 1. The highest BCUT2D eigenvalue weighted by Crippen LogP contribution is 2.24. The Morgan fingerprint density at radius 3 is 3.00 bits per heavy atom. The highest BCUT2D eigenvalue weighted by atomic mass is 32.2. The van der Waals surface area contributed by atoms with E-state index in [4.69, 9.17) is 4.74 Å². The van der Waals surface area contributed by atoms with Crippen LogP contribution in [-0.2, 0) is 16.1 Å². The minimum atomic E-state index is -0.308. The molecule has 2 atom stereocenters. The number of aromatic amines is 1. The number of nitrogens with one attached hydrogen (secondary N) is 2. The summed E-state index contributed by atoms with van der Waals surface area (Å²) < 4.78 is 7.15. The van der Waals surface area contributed by atoms with Gasteiger partial charge in [-0.15, -0.1) is 16.4 Å². The summed E-state index contributed by atoms with van der Waals surface area (Å²) in [5.74, 6) is -0.0111. The lowest BCUT2D eigenvalue weighted by molar-refractivity contribution is -0.119. The van der Waals surface area contributed by atoms with Crippen LogP contribution in [-0.4, -0.2) is 44.1 Å². The molecule has 0 saturated carbocycles. The molecule has 2 aromatic heterocycles. The van der Waals surface area contributed by atoms with Crippen molar-refractivity contribution >= 4 is 29.0 Å². The average Bonchev–Trinajstić information content (AvgIpc) is 3.50. The van der Waals surface area contributed by atoms with Crippen molar-refractivity contribution in [2.75, 3.05) is 12.4 Å². The van der Waals surface area contributed by atoms with Gasteiger partial charge in [0.1, 0.15) is 11.0 Å². The Labute approximate surface area is 175 Å². The number of ether oxygens (including phenoxy) is 1. The first-order valence-corrected chi connectivity index (χ1v) is 11.2. The summed E-state index contributed by atoms with van der Waals surface area (Å²) >= 11 is 2.73. The lowest BCUT2D eigenvalue weighted by Gasteiger charge is -2.17. The van der Waals surface area contributed by atoms with Crippen LogP contribution in [0.5, 0.6) is 0 Å². The minimum absolute atomic E-state index is 0.0193. The number of benzene rings is 1. The second-order valence-corrected chi connectivity index (χ2v) is 8.50. The van der Waals surface area contributed by atoms with Gasteiger partial charge in [-0.3, -0.25) is 9.36 Å². The molecule has 4 rings (SSSR count). The summed E-state index contributed by atoms with van der Waals surface area (Å²) in [5.41, 5.74) is 0.684.